The number of nitrogens with zero attached hydrogens (tertiary/aromatic N) is 3. The Hall–Kier alpha value is -1.66. The molecule has 0 saturated carbocycles. The van der Waals surface area contributed by atoms with Crippen LogP contribution in [0, 0.1) is 6.92 Å². The molecule has 1 aromatic rings. The maximum Gasteiger partial charge on any atom is 0.482 e. The molecule has 0 aliphatic heterocycles. The lowest BCUT2D eigenvalue weighted by Crippen LogP contribution is -2.19. The van der Waals surface area contributed by atoms with E-state index in [9.17, 15) is 12.9 Å². The van der Waals surface area contributed by atoms with Gasteiger partial charge in [-0.2, -0.15) is 0 Å². The van der Waals surface area contributed by atoms with E-state index < -0.39 is 13.3 Å². The first-order valence-corrected chi connectivity index (χ1v) is 4.96. The van der Waals surface area contributed by atoms with Crippen LogP contribution in [-0.4, -0.2) is 6.98 Å². The SMILES string of the molecule is Cc1c(CN)cc(C[B-](F)(F)F)cc1N=[N+]=[N-]. The lowest BCUT2D eigenvalue weighted by molar-refractivity contribution is 0.468. The van der Waals surface area contributed by atoms with Gasteiger partial charge in [-0.25, -0.2) is 0 Å². The van der Waals surface area contributed by atoms with Crippen LogP contribution < -0.4 is 5.73 Å². The van der Waals surface area contributed by atoms with Gasteiger partial charge in [0, 0.05) is 17.1 Å². The van der Waals surface area contributed by atoms with Gasteiger partial charge in [-0.15, -0.1) is 0 Å². The van der Waals surface area contributed by atoms with Crippen molar-refractivity contribution in [1.82, 2.24) is 0 Å². The molecule has 0 bridgehead atoms. The average Bonchev–Trinajstić information content (AvgIpc) is 2.20. The lowest BCUT2D eigenvalue weighted by Gasteiger charge is -2.16. The van der Waals surface area contributed by atoms with Crippen molar-refractivity contribution in [3.8, 4) is 0 Å². The Morgan fingerprint density at radius 2 is 2.06 bits per heavy atom. The molecule has 0 heterocycles. The van der Waals surface area contributed by atoms with Crippen molar-refractivity contribution in [1.29, 1.82) is 0 Å². The van der Waals surface area contributed by atoms with Gasteiger partial charge in [0.2, 0.25) is 0 Å². The molecular weight excluding hydrogens is 232 g/mol. The second-order valence-electron chi connectivity index (χ2n) is 3.71. The highest BCUT2D eigenvalue weighted by Crippen LogP contribution is 2.27. The third kappa shape index (κ3) is 3.69. The summed E-state index contributed by atoms with van der Waals surface area (Å²) in [6.07, 6.45) is -0.999. The standard InChI is InChI=1S/C9H11BF3N4/c1-6-8(5-14)2-7(4-10(11,12)13)3-9(6)16-17-15/h2-3H,4-5,14H2,1H3/q-1. The molecule has 0 fully saturated rings. The van der Waals surface area contributed by atoms with Crippen LogP contribution in [-0.2, 0) is 12.9 Å². The minimum atomic E-state index is -4.92. The van der Waals surface area contributed by atoms with E-state index in [0.717, 1.165) is 0 Å². The Kier molecular flexibility index (Phi) is 4.04. The fraction of sp³-hybridized carbons (Fsp3) is 0.333. The summed E-state index contributed by atoms with van der Waals surface area (Å²) in [6.45, 7) is -3.14. The molecule has 0 atom stereocenters. The van der Waals surface area contributed by atoms with Crippen LogP contribution in [0.25, 0.3) is 10.4 Å². The van der Waals surface area contributed by atoms with Crippen LogP contribution in [0.5, 0.6) is 0 Å². The zero-order chi connectivity index (χ0) is 13.1. The van der Waals surface area contributed by atoms with E-state index in [1.54, 1.807) is 6.92 Å². The molecule has 0 aromatic heterocycles. The van der Waals surface area contributed by atoms with Crippen LogP contribution >= 0.6 is 0 Å². The topological polar surface area (TPSA) is 74.8 Å². The van der Waals surface area contributed by atoms with Gasteiger partial charge in [0.25, 0.3) is 0 Å². The zero-order valence-electron chi connectivity index (χ0n) is 9.20. The molecule has 2 N–H and O–H groups in total. The highest BCUT2D eigenvalue weighted by molar-refractivity contribution is 6.57. The Morgan fingerprint density at radius 1 is 1.41 bits per heavy atom. The molecular formula is C9H11BF3N4-. The highest BCUT2D eigenvalue weighted by Gasteiger charge is 2.23. The third-order valence-electron chi connectivity index (χ3n) is 2.39. The fourth-order valence-electron chi connectivity index (χ4n) is 1.57. The zero-order valence-corrected chi connectivity index (χ0v) is 9.20. The van der Waals surface area contributed by atoms with Crippen molar-refractivity contribution in [2.45, 2.75) is 19.8 Å². The van der Waals surface area contributed by atoms with Gasteiger partial charge in [0.1, 0.15) is 0 Å². The van der Waals surface area contributed by atoms with E-state index in [4.69, 9.17) is 11.3 Å². The quantitative estimate of drug-likeness (QED) is 0.374. The molecule has 17 heavy (non-hydrogen) atoms. The highest BCUT2D eigenvalue weighted by atomic mass is 19.4. The maximum atomic E-state index is 12.3. The van der Waals surface area contributed by atoms with Crippen LogP contribution in [0.4, 0.5) is 18.6 Å². The Bertz CT molecular complexity index is 466. The maximum absolute atomic E-state index is 12.3. The Balaban J connectivity index is 3.25. The summed E-state index contributed by atoms with van der Waals surface area (Å²) in [7, 11) is 0. The van der Waals surface area contributed by atoms with Gasteiger partial charge in [-0.1, -0.05) is 29.1 Å². The minimum absolute atomic E-state index is 0.0750. The molecule has 4 nitrogen and oxygen atoms in total. The summed E-state index contributed by atoms with van der Waals surface area (Å²) >= 11 is 0. The first-order valence-electron chi connectivity index (χ1n) is 4.96. The Morgan fingerprint density at radius 3 is 2.53 bits per heavy atom. The molecule has 0 aliphatic carbocycles. The first kappa shape index (κ1) is 13.4. The van der Waals surface area contributed by atoms with E-state index >= 15 is 0 Å². The van der Waals surface area contributed by atoms with E-state index in [1.807, 2.05) is 0 Å². The molecule has 0 amide bonds. The van der Waals surface area contributed by atoms with Crippen LogP contribution in [0.1, 0.15) is 16.7 Å². The van der Waals surface area contributed by atoms with Gasteiger partial charge in [0.05, 0.1) is 0 Å². The van der Waals surface area contributed by atoms with Crippen molar-refractivity contribution >= 4 is 12.7 Å². The lowest BCUT2D eigenvalue weighted by atomic mass is 9.81. The second kappa shape index (κ2) is 5.12. The van der Waals surface area contributed by atoms with Gasteiger partial charge >= 0.3 is 6.98 Å². The number of azide groups is 1. The van der Waals surface area contributed by atoms with Crippen molar-refractivity contribution < 1.29 is 12.9 Å². The Labute approximate surface area is 96.3 Å². The summed E-state index contributed by atoms with van der Waals surface area (Å²) in [5.41, 5.74) is 15.2. The summed E-state index contributed by atoms with van der Waals surface area (Å²) in [5, 5.41) is 3.37. The van der Waals surface area contributed by atoms with Crippen molar-refractivity contribution in [3.63, 3.8) is 0 Å². The molecule has 0 radical (unpaired) electrons. The minimum Gasteiger partial charge on any atom is -0.449 e. The number of benzene rings is 1. The largest absolute Gasteiger partial charge is 0.482 e. The van der Waals surface area contributed by atoms with Gasteiger partial charge in [-0.3, -0.25) is 0 Å². The van der Waals surface area contributed by atoms with E-state index in [1.165, 1.54) is 12.1 Å². The normalized spacial score (nSPS) is 11.1. The van der Waals surface area contributed by atoms with Gasteiger partial charge in [0.15, 0.2) is 0 Å². The molecule has 1 aromatic carbocycles. The van der Waals surface area contributed by atoms with E-state index in [-0.39, 0.29) is 17.8 Å². The number of halogens is 3. The van der Waals surface area contributed by atoms with Crippen molar-refractivity contribution in [2.24, 2.45) is 10.8 Å². The van der Waals surface area contributed by atoms with Crippen LogP contribution in [0.2, 0.25) is 0 Å². The van der Waals surface area contributed by atoms with E-state index in [2.05, 4.69) is 10.0 Å². The summed E-state index contributed by atoms with van der Waals surface area (Å²) < 4.78 is 37.0. The molecule has 0 unspecified atom stereocenters. The second-order valence-corrected chi connectivity index (χ2v) is 3.71. The number of rotatable bonds is 4. The summed E-state index contributed by atoms with van der Waals surface area (Å²) in [4.78, 5) is 2.59. The molecule has 1 rings (SSSR count). The van der Waals surface area contributed by atoms with E-state index in [0.29, 0.717) is 11.1 Å². The molecule has 92 valence electrons. The molecule has 0 aliphatic rings. The monoisotopic (exact) mass is 243 g/mol. The van der Waals surface area contributed by atoms with Gasteiger partial charge in [-0.05, 0) is 23.6 Å². The van der Waals surface area contributed by atoms with Crippen molar-refractivity contribution in [3.05, 3.63) is 39.3 Å². The predicted molar refractivity (Wildman–Crippen MR) is 60.7 cm³/mol. The molecule has 0 spiro atoms. The van der Waals surface area contributed by atoms with Crippen LogP contribution in [0.15, 0.2) is 17.2 Å². The fourth-order valence-corrected chi connectivity index (χ4v) is 1.57. The smallest absolute Gasteiger partial charge is 0.449 e. The first-order chi connectivity index (χ1) is 7.87. The number of hydrogen-bond donors (Lipinski definition) is 1. The number of nitrogens with two attached hydrogens (primary N) is 1. The summed E-state index contributed by atoms with van der Waals surface area (Å²) in [5.74, 6) is 0. The number of hydrogen-bond acceptors (Lipinski definition) is 2. The third-order valence-corrected chi connectivity index (χ3v) is 2.39. The predicted octanol–water partition coefficient (Wildman–Crippen LogP) is 3.32. The van der Waals surface area contributed by atoms with Crippen LogP contribution in [0.3, 0.4) is 0 Å². The molecule has 8 heteroatoms. The molecule has 0 saturated heterocycles. The average molecular weight is 243 g/mol. The van der Waals surface area contributed by atoms with Gasteiger partial charge < -0.3 is 18.7 Å². The van der Waals surface area contributed by atoms with Crippen molar-refractivity contribution in [2.75, 3.05) is 0 Å². The summed E-state index contributed by atoms with van der Waals surface area (Å²) in [6, 6.07) is 2.66.